The minimum atomic E-state index is -4.69. The number of hydrogen-bond acceptors (Lipinski definition) is 1. The minimum Gasteiger partial charge on any atom is -0.260 e. The van der Waals surface area contributed by atoms with Crippen LogP contribution in [0.3, 0.4) is 0 Å². The van der Waals surface area contributed by atoms with Gasteiger partial charge >= 0.3 is 6.18 Å². The van der Waals surface area contributed by atoms with E-state index < -0.39 is 17.6 Å². The molecule has 1 aromatic heterocycles. The summed E-state index contributed by atoms with van der Waals surface area (Å²) in [7, 11) is 0. The number of rotatable bonds is 1. The molecule has 0 spiro atoms. The molecule has 0 aliphatic rings. The largest absolute Gasteiger partial charge is 0.421 e. The number of alkyl halides is 4. The molecule has 0 radical (unpaired) electrons. The Kier molecular flexibility index (Phi) is 2.90. The third kappa shape index (κ3) is 2.18. The molecular weight excluding hydrogens is 254 g/mol. The highest BCUT2D eigenvalue weighted by atomic mass is 79.9. The van der Waals surface area contributed by atoms with Crippen LogP contribution in [0.1, 0.15) is 11.3 Å². The monoisotopic (exact) mass is 257 g/mol. The summed E-state index contributed by atoms with van der Waals surface area (Å²) in [6, 6.07) is 0.689. The molecule has 6 heteroatoms. The van der Waals surface area contributed by atoms with E-state index in [1.165, 1.54) is 0 Å². The van der Waals surface area contributed by atoms with E-state index in [4.69, 9.17) is 0 Å². The zero-order valence-corrected chi connectivity index (χ0v) is 7.78. The lowest BCUT2D eigenvalue weighted by Gasteiger charge is -2.10. The predicted octanol–water partition coefficient (Wildman–Crippen LogP) is 3.13. The first-order valence-electron chi connectivity index (χ1n) is 3.23. The smallest absolute Gasteiger partial charge is 0.260 e. The first kappa shape index (κ1) is 10.4. The van der Waals surface area contributed by atoms with Gasteiger partial charge in [0.1, 0.15) is 11.4 Å². The van der Waals surface area contributed by atoms with Gasteiger partial charge in [0.2, 0.25) is 0 Å². The number of pyridine rings is 1. The quantitative estimate of drug-likeness (QED) is 0.557. The Bertz CT molecular complexity index is 310. The molecule has 0 amide bonds. The SMILES string of the molecule is Fc1ccnc(CBr)c1C(F)(F)F. The Morgan fingerprint density at radius 1 is 1.38 bits per heavy atom. The summed E-state index contributed by atoms with van der Waals surface area (Å²) < 4.78 is 49.3. The highest BCUT2D eigenvalue weighted by Gasteiger charge is 2.37. The molecule has 0 aliphatic heterocycles. The van der Waals surface area contributed by atoms with Gasteiger partial charge in [-0.3, -0.25) is 4.98 Å². The van der Waals surface area contributed by atoms with Crippen molar-refractivity contribution in [3.05, 3.63) is 29.3 Å². The summed E-state index contributed by atoms with van der Waals surface area (Å²) in [4.78, 5) is 3.42. The van der Waals surface area contributed by atoms with Crippen molar-refractivity contribution in [1.82, 2.24) is 4.98 Å². The molecule has 0 aliphatic carbocycles. The predicted molar refractivity (Wildman–Crippen MR) is 41.8 cm³/mol. The summed E-state index contributed by atoms with van der Waals surface area (Å²) in [5.74, 6) is -1.29. The number of nitrogens with zero attached hydrogens (tertiary/aromatic N) is 1. The van der Waals surface area contributed by atoms with Gasteiger partial charge in [-0.25, -0.2) is 4.39 Å². The summed E-state index contributed by atoms with van der Waals surface area (Å²) in [5, 5.41) is -0.125. The van der Waals surface area contributed by atoms with E-state index in [2.05, 4.69) is 20.9 Å². The molecule has 1 nitrogen and oxygen atoms in total. The number of hydrogen-bond donors (Lipinski definition) is 0. The fourth-order valence-electron chi connectivity index (χ4n) is 0.879. The van der Waals surface area contributed by atoms with Gasteiger partial charge in [0.25, 0.3) is 0 Å². The lowest BCUT2D eigenvalue weighted by molar-refractivity contribution is -0.140. The highest BCUT2D eigenvalue weighted by Crippen LogP contribution is 2.33. The minimum absolute atomic E-state index is 0.125. The Labute approximate surface area is 79.9 Å². The van der Waals surface area contributed by atoms with Crippen molar-refractivity contribution >= 4 is 15.9 Å². The lowest BCUT2D eigenvalue weighted by Crippen LogP contribution is -2.12. The molecule has 72 valence electrons. The Balaban J connectivity index is 3.32. The van der Waals surface area contributed by atoms with Gasteiger partial charge in [-0.05, 0) is 6.07 Å². The van der Waals surface area contributed by atoms with Crippen molar-refractivity contribution in [2.75, 3.05) is 0 Å². The second kappa shape index (κ2) is 3.61. The number of aromatic nitrogens is 1. The van der Waals surface area contributed by atoms with Crippen LogP contribution < -0.4 is 0 Å². The second-order valence-corrected chi connectivity index (χ2v) is 2.81. The third-order valence-electron chi connectivity index (χ3n) is 1.39. The molecule has 0 aromatic carbocycles. The van der Waals surface area contributed by atoms with Crippen molar-refractivity contribution in [2.24, 2.45) is 0 Å². The molecule has 0 atom stereocenters. The Morgan fingerprint density at radius 3 is 2.38 bits per heavy atom. The molecule has 0 N–H and O–H groups in total. The van der Waals surface area contributed by atoms with Crippen molar-refractivity contribution in [1.29, 1.82) is 0 Å². The molecule has 1 aromatic rings. The fourth-order valence-corrected chi connectivity index (χ4v) is 1.30. The van der Waals surface area contributed by atoms with Crippen molar-refractivity contribution in [2.45, 2.75) is 11.5 Å². The highest BCUT2D eigenvalue weighted by molar-refractivity contribution is 9.08. The Hall–Kier alpha value is -0.650. The van der Waals surface area contributed by atoms with Crippen LogP contribution in [-0.2, 0) is 11.5 Å². The first-order valence-corrected chi connectivity index (χ1v) is 4.35. The van der Waals surface area contributed by atoms with Crippen LogP contribution in [0.4, 0.5) is 17.6 Å². The maximum atomic E-state index is 12.8. The molecule has 13 heavy (non-hydrogen) atoms. The van der Waals surface area contributed by atoms with E-state index in [0.29, 0.717) is 6.07 Å². The van der Waals surface area contributed by atoms with Gasteiger partial charge in [0.05, 0.1) is 5.69 Å². The van der Waals surface area contributed by atoms with Crippen LogP contribution in [-0.4, -0.2) is 4.98 Å². The van der Waals surface area contributed by atoms with Crippen molar-refractivity contribution in [3.8, 4) is 0 Å². The van der Waals surface area contributed by atoms with Crippen LogP contribution in [0.15, 0.2) is 12.3 Å². The molecule has 0 saturated carbocycles. The van der Waals surface area contributed by atoms with E-state index in [1.54, 1.807) is 0 Å². The van der Waals surface area contributed by atoms with Crippen molar-refractivity contribution < 1.29 is 17.6 Å². The van der Waals surface area contributed by atoms with Crippen LogP contribution in [0.5, 0.6) is 0 Å². The zero-order chi connectivity index (χ0) is 10.1. The van der Waals surface area contributed by atoms with Crippen LogP contribution in [0.2, 0.25) is 0 Å². The fraction of sp³-hybridized carbons (Fsp3) is 0.286. The molecule has 1 heterocycles. The van der Waals surface area contributed by atoms with E-state index in [9.17, 15) is 17.6 Å². The van der Waals surface area contributed by atoms with E-state index >= 15 is 0 Å². The van der Waals surface area contributed by atoms with Crippen LogP contribution in [0, 0.1) is 5.82 Å². The molecule has 0 fully saturated rings. The van der Waals surface area contributed by atoms with Gasteiger partial charge in [0.15, 0.2) is 0 Å². The average molecular weight is 258 g/mol. The maximum absolute atomic E-state index is 12.8. The van der Waals surface area contributed by atoms with Gasteiger partial charge < -0.3 is 0 Å². The Morgan fingerprint density at radius 2 is 2.00 bits per heavy atom. The molecule has 0 bridgehead atoms. The summed E-state index contributed by atoms with van der Waals surface area (Å²) in [6.45, 7) is 0. The van der Waals surface area contributed by atoms with E-state index in [0.717, 1.165) is 6.20 Å². The summed E-state index contributed by atoms with van der Waals surface area (Å²) in [6.07, 6.45) is -3.69. The molecule has 0 saturated heterocycles. The summed E-state index contributed by atoms with van der Waals surface area (Å²) >= 11 is 2.81. The van der Waals surface area contributed by atoms with E-state index in [1.807, 2.05) is 0 Å². The zero-order valence-electron chi connectivity index (χ0n) is 6.20. The van der Waals surface area contributed by atoms with Gasteiger partial charge in [0, 0.05) is 11.5 Å². The van der Waals surface area contributed by atoms with Crippen LogP contribution >= 0.6 is 15.9 Å². The third-order valence-corrected chi connectivity index (χ3v) is 1.92. The molecule has 1 rings (SSSR count). The van der Waals surface area contributed by atoms with E-state index in [-0.39, 0.29) is 11.0 Å². The number of halogens is 5. The topological polar surface area (TPSA) is 12.9 Å². The van der Waals surface area contributed by atoms with Crippen molar-refractivity contribution in [3.63, 3.8) is 0 Å². The van der Waals surface area contributed by atoms with Gasteiger partial charge in [-0.2, -0.15) is 13.2 Å². The van der Waals surface area contributed by atoms with Crippen LogP contribution in [0.25, 0.3) is 0 Å². The standard InChI is InChI=1S/C7H4BrF4N/c8-3-5-6(7(10,11)12)4(9)1-2-13-5/h1-2H,3H2. The maximum Gasteiger partial charge on any atom is 0.421 e. The normalized spacial score (nSPS) is 11.8. The molecule has 0 unspecified atom stereocenters. The lowest BCUT2D eigenvalue weighted by atomic mass is 10.2. The summed E-state index contributed by atoms with van der Waals surface area (Å²) in [5.41, 5.74) is -1.64. The average Bonchev–Trinajstić information content (AvgIpc) is 2.01. The first-order chi connectivity index (χ1) is 5.96. The molecular formula is C7H4BrF4N. The van der Waals surface area contributed by atoms with Gasteiger partial charge in [-0.1, -0.05) is 15.9 Å². The van der Waals surface area contributed by atoms with Gasteiger partial charge in [-0.15, -0.1) is 0 Å². The second-order valence-electron chi connectivity index (χ2n) is 2.25.